The van der Waals surface area contributed by atoms with Gasteiger partial charge in [0.1, 0.15) is 11.5 Å². The lowest BCUT2D eigenvalue weighted by atomic mass is 9.75. The van der Waals surface area contributed by atoms with Gasteiger partial charge in [-0.2, -0.15) is 0 Å². The Morgan fingerprint density at radius 3 is 2.36 bits per heavy atom. The van der Waals surface area contributed by atoms with Gasteiger partial charge in [-0.3, -0.25) is 9.69 Å². The number of aromatic hydroxyl groups is 1. The molecule has 0 radical (unpaired) electrons. The van der Waals surface area contributed by atoms with Gasteiger partial charge in [-0.15, -0.1) is 0 Å². The largest absolute Gasteiger partial charge is 0.508 e. The van der Waals surface area contributed by atoms with Gasteiger partial charge in [0.25, 0.3) is 5.91 Å². The molecule has 0 saturated carbocycles. The molecule has 4 aliphatic heterocycles. The molecular formula is C40H44N4O3. The minimum Gasteiger partial charge on any atom is -0.508 e. The average molecular weight is 629 g/mol. The number of ether oxygens (including phenoxy) is 1. The van der Waals surface area contributed by atoms with E-state index in [9.17, 15) is 9.90 Å². The Balaban J connectivity index is 0.884. The summed E-state index contributed by atoms with van der Waals surface area (Å²) in [5.41, 5.74) is 9.46. The van der Waals surface area contributed by atoms with Crippen molar-refractivity contribution in [2.45, 2.75) is 38.1 Å². The molecule has 2 N–H and O–H groups in total. The summed E-state index contributed by atoms with van der Waals surface area (Å²) in [6.45, 7) is 11.0. The lowest BCUT2D eigenvalue weighted by Crippen LogP contribution is -2.49. The van der Waals surface area contributed by atoms with E-state index < -0.39 is 0 Å². The van der Waals surface area contributed by atoms with Crippen molar-refractivity contribution in [2.24, 2.45) is 5.92 Å². The van der Waals surface area contributed by atoms with E-state index in [1.54, 1.807) is 12.1 Å². The summed E-state index contributed by atoms with van der Waals surface area (Å²) in [4.78, 5) is 19.6. The van der Waals surface area contributed by atoms with Crippen molar-refractivity contribution in [2.75, 3.05) is 62.2 Å². The first-order valence-electron chi connectivity index (χ1n) is 17.2. The van der Waals surface area contributed by atoms with E-state index in [0.717, 1.165) is 67.6 Å². The Morgan fingerprint density at radius 1 is 0.809 bits per heavy atom. The van der Waals surface area contributed by atoms with Crippen molar-refractivity contribution >= 4 is 17.3 Å². The van der Waals surface area contributed by atoms with Crippen LogP contribution in [0.2, 0.25) is 0 Å². The fourth-order valence-corrected chi connectivity index (χ4v) is 8.23. The van der Waals surface area contributed by atoms with Gasteiger partial charge >= 0.3 is 0 Å². The zero-order valence-corrected chi connectivity index (χ0v) is 27.2. The number of piperidine rings is 1. The smallest absolute Gasteiger partial charge is 0.251 e. The van der Waals surface area contributed by atoms with Crippen molar-refractivity contribution in [1.82, 2.24) is 10.2 Å². The number of phenolic OH excluding ortho intramolecular Hbond substituents is 1. The highest BCUT2D eigenvalue weighted by atomic mass is 16.5. The van der Waals surface area contributed by atoms with Crippen LogP contribution in [-0.4, -0.2) is 68.3 Å². The zero-order chi connectivity index (χ0) is 31.9. The number of fused-ring (bicyclic) bond motifs is 2. The van der Waals surface area contributed by atoms with Crippen molar-refractivity contribution in [3.63, 3.8) is 0 Å². The summed E-state index contributed by atoms with van der Waals surface area (Å²) in [7, 11) is 0. The van der Waals surface area contributed by atoms with Crippen molar-refractivity contribution in [3.05, 3.63) is 118 Å². The molecule has 0 aliphatic carbocycles. The Hall–Kier alpha value is -4.49. The topological polar surface area (TPSA) is 68.3 Å². The predicted octanol–water partition coefficient (Wildman–Crippen LogP) is 6.29. The van der Waals surface area contributed by atoms with Crippen molar-refractivity contribution in [1.29, 1.82) is 0 Å². The van der Waals surface area contributed by atoms with Crippen LogP contribution in [-0.2, 0) is 6.54 Å². The molecule has 7 heteroatoms. The van der Waals surface area contributed by atoms with Gasteiger partial charge in [-0.1, -0.05) is 48.0 Å². The van der Waals surface area contributed by atoms with Crippen LogP contribution in [0.1, 0.15) is 62.9 Å². The number of nitrogens with zero attached hydrogens (tertiary/aromatic N) is 3. The van der Waals surface area contributed by atoms with E-state index in [-0.39, 0.29) is 23.5 Å². The summed E-state index contributed by atoms with van der Waals surface area (Å²) in [5, 5.41) is 13.1. The number of nitrogens with one attached hydrogen (secondary N) is 1. The predicted molar refractivity (Wildman–Crippen MR) is 187 cm³/mol. The number of phenols is 1. The Morgan fingerprint density at radius 2 is 1.57 bits per heavy atom. The Kier molecular flexibility index (Phi) is 8.01. The molecule has 4 aromatic rings. The van der Waals surface area contributed by atoms with Gasteiger partial charge in [0.15, 0.2) is 0 Å². The first kappa shape index (κ1) is 29.9. The Bertz CT molecular complexity index is 1760. The fourth-order valence-electron chi connectivity index (χ4n) is 8.23. The van der Waals surface area contributed by atoms with E-state index in [1.807, 2.05) is 12.1 Å². The summed E-state index contributed by atoms with van der Waals surface area (Å²) < 4.78 is 6.20. The van der Waals surface area contributed by atoms with Crippen molar-refractivity contribution < 1.29 is 14.6 Å². The quantitative estimate of drug-likeness (QED) is 0.262. The molecule has 4 aromatic carbocycles. The number of amides is 1. The number of rotatable bonds is 6. The van der Waals surface area contributed by atoms with Gasteiger partial charge in [0.2, 0.25) is 0 Å². The molecular weight excluding hydrogens is 584 g/mol. The van der Waals surface area contributed by atoms with Crippen LogP contribution in [0.5, 0.6) is 11.5 Å². The maximum Gasteiger partial charge on any atom is 0.251 e. The number of benzene rings is 4. The zero-order valence-electron chi connectivity index (χ0n) is 27.2. The molecule has 0 spiro atoms. The van der Waals surface area contributed by atoms with Gasteiger partial charge in [-0.05, 0) is 78.8 Å². The second-order valence-electron chi connectivity index (χ2n) is 13.9. The summed E-state index contributed by atoms with van der Waals surface area (Å²) in [5.74, 6) is 2.17. The molecule has 4 heterocycles. The minimum atomic E-state index is 0.0511. The maximum absolute atomic E-state index is 11.9. The molecule has 0 bridgehead atoms. The highest BCUT2D eigenvalue weighted by Gasteiger charge is 2.34. The second kappa shape index (κ2) is 12.6. The third-order valence-corrected chi connectivity index (χ3v) is 10.9. The molecule has 2 saturated heterocycles. The van der Waals surface area contributed by atoms with Crippen LogP contribution >= 0.6 is 0 Å². The van der Waals surface area contributed by atoms with Crippen LogP contribution in [0.15, 0.2) is 84.9 Å². The molecule has 0 unspecified atom stereocenters. The first-order chi connectivity index (χ1) is 23.0. The van der Waals surface area contributed by atoms with E-state index in [1.165, 1.54) is 47.5 Å². The van der Waals surface area contributed by atoms with Crippen LogP contribution in [0, 0.1) is 12.8 Å². The molecule has 4 aliphatic rings. The average Bonchev–Trinajstić information content (AvgIpc) is 3.48. The van der Waals surface area contributed by atoms with Gasteiger partial charge in [0, 0.05) is 92.8 Å². The maximum atomic E-state index is 11.9. The van der Waals surface area contributed by atoms with E-state index >= 15 is 0 Å². The highest BCUT2D eigenvalue weighted by Crippen LogP contribution is 2.47. The first-order valence-corrected chi connectivity index (χ1v) is 17.2. The van der Waals surface area contributed by atoms with Crippen LogP contribution in [0.25, 0.3) is 0 Å². The number of hydrogen-bond acceptors (Lipinski definition) is 6. The van der Waals surface area contributed by atoms with Gasteiger partial charge in [-0.25, -0.2) is 0 Å². The molecule has 2 fully saturated rings. The van der Waals surface area contributed by atoms with E-state index in [4.69, 9.17) is 4.74 Å². The normalized spacial score (nSPS) is 21.6. The lowest BCUT2D eigenvalue weighted by Gasteiger charge is -2.40. The molecule has 7 nitrogen and oxygen atoms in total. The Labute approximate surface area is 277 Å². The fraction of sp³-hybridized carbons (Fsp3) is 0.375. The number of carbonyl (C=O) groups excluding carboxylic acids is 1. The van der Waals surface area contributed by atoms with Crippen LogP contribution in [0.4, 0.5) is 11.4 Å². The van der Waals surface area contributed by atoms with Gasteiger partial charge < -0.3 is 25.0 Å². The summed E-state index contributed by atoms with van der Waals surface area (Å²) >= 11 is 0. The molecule has 2 atom stereocenters. The van der Waals surface area contributed by atoms with E-state index in [0.29, 0.717) is 13.2 Å². The third kappa shape index (κ3) is 6.05. The monoisotopic (exact) mass is 628 g/mol. The second-order valence-corrected chi connectivity index (χ2v) is 13.9. The minimum absolute atomic E-state index is 0.0511. The summed E-state index contributed by atoms with van der Waals surface area (Å²) in [6.07, 6.45) is 2.44. The van der Waals surface area contributed by atoms with E-state index in [2.05, 4.69) is 87.6 Å². The van der Waals surface area contributed by atoms with Crippen molar-refractivity contribution in [3.8, 4) is 11.5 Å². The van der Waals surface area contributed by atoms with Crippen LogP contribution in [0.3, 0.4) is 0 Å². The van der Waals surface area contributed by atoms with Gasteiger partial charge in [0.05, 0.1) is 6.61 Å². The molecule has 1 amide bonds. The summed E-state index contributed by atoms with van der Waals surface area (Å²) in [6, 6.07) is 29.9. The SMILES string of the molecule is Cc1cccc([C@H]2COc3cc(O)ccc3[C@H]2c2ccc(N3CCC(CN4CCN(c5ccc6c(c5)CNC6=O)CC4)CC3)cc2)c1. The molecule has 242 valence electrons. The van der Waals surface area contributed by atoms with Crippen LogP contribution < -0.4 is 19.9 Å². The standard InChI is InChI=1S/C40H44N4O3/c1-27-3-2-4-30(21-27)37-26-47-38-23-34(45)10-12-36(38)39(37)29-5-7-32(8-6-29)43-15-13-28(14-16-43)25-42-17-19-44(20-18-42)33-9-11-35-31(22-33)24-41-40(35)46/h2-12,21-23,28,37,39,45H,13-20,24-26H2,1H3,(H,41,46)/t37-,39-/m1/s1. The molecule has 8 rings (SSSR count). The highest BCUT2D eigenvalue weighted by molar-refractivity contribution is 5.98. The number of piperazine rings is 1. The number of aryl methyl sites for hydroxylation is 1. The number of hydrogen-bond donors (Lipinski definition) is 2. The molecule has 47 heavy (non-hydrogen) atoms. The molecule has 0 aromatic heterocycles. The number of carbonyl (C=O) groups is 1. The third-order valence-electron chi connectivity index (χ3n) is 10.9. The lowest BCUT2D eigenvalue weighted by molar-refractivity contribution is 0.0965. The number of anilines is 2.